The molecular formula is C20H23ClFN3O2. The summed E-state index contributed by atoms with van der Waals surface area (Å²) in [5.41, 5.74) is 1.25. The highest BCUT2D eigenvalue weighted by molar-refractivity contribution is 6.32. The number of halogens is 2. The van der Waals surface area contributed by atoms with Crippen molar-refractivity contribution in [1.82, 2.24) is 10.2 Å². The van der Waals surface area contributed by atoms with Crippen LogP contribution in [0.5, 0.6) is 5.75 Å². The van der Waals surface area contributed by atoms with Gasteiger partial charge in [-0.15, -0.1) is 0 Å². The summed E-state index contributed by atoms with van der Waals surface area (Å²) >= 11 is 5.87. The molecule has 1 heterocycles. The lowest BCUT2D eigenvalue weighted by atomic mass is 10.2. The quantitative estimate of drug-likeness (QED) is 0.788. The SMILES string of the molecule is O=C(COc1ccc(F)cc1Cl)NCCN1CCN(c2ccccc2)CC1. The Hall–Kier alpha value is -2.31. The third kappa shape index (κ3) is 5.84. The van der Waals surface area contributed by atoms with Crippen LogP contribution >= 0.6 is 11.6 Å². The van der Waals surface area contributed by atoms with E-state index in [0.717, 1.165) is 38.8 Å². The summed E-state index contributed by atoms with van der Waals surface area (Å²) in [6, 6.07) is 14.2. The average Bonchev–Trinajstić information content (AvgIpc) is 2.68. The van der Waals surface area contributed by atoms with Gasteiger partial charge in [0, 0.05) is 45.0 Å². The number of benzene rings is 2. The summed E-state index contributed by atoms with van der Waals surface area (Å²) < 4.78 is 18.3. The molecule has 144 valence electrons. The van der Waals surface area contributed by atoms with E-state index in [1.54, 1.807) is 0 Å². The number of piperazine rings is 1. The molecule has 5 nitrogen and oxygen atoms in total. The maximum absolute atomic E-state index is 13.0. The molecule has 1 aliphatic rings. The maximum Gasteiger partial charge on any atom is 0.257 e. The number of carbonyl (C=O) groups is 1. The van der Waals surface area contributed by atoms with Crippen LogP contribution in [0.25, 0.3) is 0 Å². The van der Waals surface area contributed by atoms with Crippen molar-refractivity contribution in [3.63, 3.8) is 0 Å². The third-order valence-corrected chi connectivity index (χ3v) is 4.79. The second kappa shape index (κ2) is 9.58. The van der Waals surface area contributed by atoms with E-state index in [9.17, 15) is 9.18 Å². The average molecular weight is 392 g/mol. The number of carbonyl (C=O) groups excluding carboxylic acids is 1. The van der Waals surface area contributed by atoms with E-state index < -0.39 is 5.82 Å². The van der Waals surface area contributed by atoms with E-state index in [1.807, 2.05) is 6.07 Å². The summed E-state index contributed by atoms with van der Waals surface area (Å²) in [5.74, 6) is -0.368. The molecule has 0 aliphatic carbocycles. The molecule has 2 aromatic rings. The molecule has 7 heteroatoms. The van der Waals surface area contributed by atoms with Gasteiger partial charge in [0.05, 0.1) is 5.02 Å². The van der Waals surface area contributed by atoms with E-state index >= 15 is 0 Å². The molecular weight excluding hydrogens is 369 g/mol. The molecule has 2 aromatic carbocycles. The smallest absolute Gasteiger partial charge is 0.257 e. The van der Waals surface area contributed by atoms with Crippen molar-refractivity contribution in [2.24, 2.45) is 0 Å². The van der Waals surface area contributed by atoms with Crippen LogP contribution in [0.4, 0.5) is 10.1 Å². The van der Waals surface area contributed by atoms with Gasteiger partial charge in [0.2, 0.25) is 0 Å². The van der Waals surface area contributed by atoms with E-state index in [-0.39, 0.29) is 17.5 Å². The highest BCUT2D eigenvalue weighted by Gasteiger charge is 2.16. The highest BCUT2D eigenvalue weighted by atomic mass is 35.5. The van der Waals surface area contributed by atoms with Crippen molar-refractivity contribution >= 4 is 23.2 Å². The zero-order chi connectivity index (χ0) is 19.1. The number of nitrogens with one attached hydrogen (secondary N) is 1. The molecule has 1 saturated heterocycles. The van der Waals surface area contributed by atoms with Gasteiger partial charge in [0.15, 0.2) is 6.61 Å². The molecule has 3 rings (SSSR count). The number of hydrogen-bond donors (Lipinski definition) is 1. The number of rotatable bonds is 7. The number of hydrogen-bond acceptors (Lipinski definition) is 4. The van der Waals surface area contributed by atoms with Crippen LogP contribution in [0.1, 0.15) is 0 Å². The molecule has 0 spiro atoms. The van der Waals surface area contributed by atoms with Gasteiger partial charge in [-0.25, -0.2) is 4.39 Å². The Kier molecular flexibility index (Phi) is 6.90. The lowest BCUT2D eigenvalue weighted by Gasteiger charge is -2.36. The molecule has 27 heavy (non-hydrogen) atoms. The lowest BCUT2D eigenvalue weighted by Crippen LogP contribution is -2.48. The molecule has 1 amide bonds. The van der Waals surface area contributed by atoms with Gasteiger partial charge < -0.3 is 15.0 Å². The Morgan fingerprint density at radius 3 is 2.56 bits per heavy atom. The summed E-state index contributed by atoms with van der Waals surface area (Å²) in [6.07, 6.45) is 0. The lowest BCUT2D eigenvalue weighted by molar-refractivity contribution is -0.123. The highest BCUT2D eigenvalue weighted by Crippen LogP contribution is 2.24. The topological polar surface area (TPSA) is 44.8 Å². The predicted molar refractivity (Wildman–Crippen MR) is 105 cm³/mol. The van der Waals surface area contributed by atoms with Crippen LogP contribution in [-0.2, 0) is 4.79 Å². The summed E-state index contributed by atoms with van der Waals surface area (Å²) in [4.78, 5) is 16.6. The van der Waals surface area contributed by atoms with Gasteiger partial charge in [-0.1, -0.05) is 29.8 Å². The first-order valence-electron chi connectivity index (χ1n) is 8.99. The van der Waals surface area contributed by atoms with Crippen LogP contribution in [0, 0.1) is 5.82 Å². The van der Waals surface area contributed by atoms with Crippen LogP contribution < -0.4 is 15.0 Å². The second-order valence-corrected chi connectivity index (χ2v) is 6.78. The predicted octanol–water partition coefficient (Wildman–Crippen LogP) is 2.80. The van der Waals surface area contributed by atoms with E-state index in [1.165, 1.54) is 17.8 Å². The summed E-state index contributed by atoms with van der Waals surface area (Å²) in [7, 11) is 0. The van der Waals surface area contributed by atoms with Gasteiger partial charge in [-0.2, -0.15) is 0 Å². The van der Waals surface area contributed by atoms with Crippen molar-refractivity contribution in [2.45, 2.75) is 0 Å². The number of amides is 1. The first-order chi connectivity index (χ1) is 13.1. The minimum atomic E-state index is -0.441. The van der Waals surface area contributed by atoms with E-state index in [0.29, 0.717) is 12.3 Å². The number of para-hydroxylation sites is 1. The molecule has 1 aliphatic heterocycles. The molecule has 1 N–H and O–H groups in total. The first-order valence-corrected chi connectivity index (χ1v) is 9.36. The fraction of sp³-hybridized carbons (Fsp3) is 0.350. The number of ether oxygens (including phenoxy) is 1. The van der Waals surface area contributed by atoms with Gasteiger partial charge in [0.1, 0.15) is 11.6 Å². The van der Waals surface area contributed by atoms with Gasteiger partial charge in [-0.05, 0) is 30.3 Å². The molecule has 0 unspecified atom stereocenters. The number of anilines is 1. The van der Waals surface area contributed by atoms with Crippen molar-refractivity contribution in [3.8, 4) is 5.75 Å². The monoisotopic (exact) mass is 391 g/mol. The summed E-state index contributed by atoms with van der Waals surface area (Å²) in [6.45, 7) is 5.09. The molecule has 0 bridgehead atoms. The standard InChI is InChI=1S/C20H23ClFN3O2/c21-18-14-16(22)6-7-19(18)27-15-20(26)23-8-9-24-10-12-25(13-11-24)17-4-2-1-3-5-17/h1-7,14H,8-13,15H2,(H,23,26). The molecule has 1 fully saturated rings. The fourth-order valence-corrected chi connectivity index (χ4v) is 3.23. The van der Waals surface area contributed by atoms with Crippen LogP contribution in [0.2, 0.25) is 5.02 Å². The second-order valence-electron chi connectivity index (χ2n) is 6.38. The first kappa shape index (κ1) is 19.5. The normalized spacial score (nSPS) is 14.8. The Labute approximate surface area is 163 Å². The van der Waals surface area contributed by atoms with Crippen LogP contribution in [-0.4, -0.2) is 56.7 Å². The van der Waals surface area contributed by atoms with Crippen molar-refractivity contribution in [1.29, 1.82) is 0 Å². The Balaban J connectivity index is 1.32. The van der Waals surface area contributed by atoms with Gasteiger partial charge >= 0.3 is 0 Å². The Morgan fingerprint density at radius 2 is 1.85 bits per heavy atom. The Bertz CT molecular complexity index is 752. The van der Waals surface area contributed by atoms with Crippen molar-refractivity contribution < 1.29 is 13.9 Å². The molecule has 0 radical (unpaired) electrons. The summed E-state index contributed by atoms with van der Waals surface area (Å²) in [5, 5.41) is 2.99. The third-order valence-electron chi connectivity index (χ3n) is 4.50. The zero-order valence-corrected chi connectivity index (χ0v) is 15.8. The molecule has 0 aromatic heterocycles. The molecule has 0 atom stereocenters. The number of nitrogens with zero attached hydrogens (tertiary/aromatic N) is 2. The van der Waals surface area contributed by atoms with Crippen molar-refractivity contribution in [2.75, 3.05) is 50.8 Å². The fourth-order valence-electron chi connectivity index (χ4n) is 3.01. The molecule has 0 saturated carbocycles. The maximum atomic E-state index is 13.0. The van der Waals surface area contributed by atoms with Crippen molar-refractivity contribution in [3.05, 3.63) is 59.4 Å². The van der Waals surface area contributed by atoms with Crippen LogP contribution in [0.3, 0.4) is 0 Å². The zero-order valence-electron chi connectivity index (χ0n) is 15.0. The Morgan fingerprint density at radius 1 is 1.11 bits per heavy atom. The minimum Gasteiger partial charge on any atom is -0.482 e. The van der Waals surface area contributed by atoms with Gasteiger partial charge in [0.25, 0.3) is 5.91 Å². The van der Waals surface area contributed by atoms with Crippen LogP contribution in [0.15, 0.2) is 48.5 Å². The van der Waals surface area contributed by atoms with E-state index in [4.69, 9.17) is 16.3 Å². The van der Waals surface area contributed by atoms with Gasteiger partial charge in [-0.3, -0.25) is 9.69 Å². The van der Waals surface area contributed by atoms with E-state index in [2.05, 4.69) is 39.4 Å². The largest absolute Gasteiger partial charge is 0.482 e. The minimum absolute atomic E-state index is 0.146.